The van der Waals surface area contributed by atoms with Crippen LogP contribution in [0.4, 0.5) is 0 Å². The van der Waals surface area contributed by atoms with Crippen LogP contribution in [-0.2, 0) is 0 Å². The molecule has 0 atom stereocenters. The number of hydrogen-bond donors (Lipinski definition) is 0. The van der Waals surface area contributed by atoms with E-state index in [2.05, 4.69) is 121 Å². The monoisotopic (exact) mass is 562 g/mol. The number of rotatable bonds is 3. The third-order valence-electron chi connectivity index (χ3n) is 8.69. The van der Waals surface area contributed by atoms with E-state index in [0.717, 1.165) is 45.3 Å². The van der Waals surface area contributed by atoms with E-state index in [-0.39, 0.29) is 0 Å². The minimum Gasteiger partial charge on any atom is -0.449 e. The summed E-state index contributed by atoms with van der Waals surface area (Å²) in [7, 11) is 0. The van der Waals surface area contributed by atoms with Crippen molar-refractivity contribution >= 4 is 32.3 Å². The van der Waals surface area contributed by atoms with Crippen LogP contribution < -0.4 is 9.47 Å². The van der Waals surface area contributed by atoms with Crippen molar-refractivity contribution in [2.75, 3.05) is 0 Å². The lowest BCUT2D eigenvalue weighted by molar-refractivity contribution is 0.361. The fourth-order valence-corrected chi connectivity index (χ4v) is 6.61. The van der Waals surface area contributed by atoms with Gasteiger partial charge in [0.2, 0.25) is 0 Å². The minimum atomic E-state index is 0.719. The minimum absolute atomic E-state index is 0.719. The number of benzene rings is 8. The molecule has 0 spiro atoms. The summed E-state index contributed by atoms with van der Waals surface area (Å²) in [5.74, 6) is 2.91. The number of hydrogen-bond acceptors (Lipinski definition) is 2. The van der Waals surface area contributed by atoms with Crippen LogP contribution in [0.5, 0.6) is 23.0 Å². The molecule has 0 N–H and O–H groups in total. The molecule has 1 heterocycles. The van der Waals surface area contributed by atoms with Crippen molar-refractivity contribution < 1.29 is 9.47 Å². The Labute approximate surface area is 255 Å². The van der Waals surface area contributed by atoms with Gasteiger partial charge in [-0.05, 0) is 103 Å². The highest BCUT2D eigenvalue weighted by molar-refractivity contribution is 6.25. The normalized spacial score (nSPS) is 12.0. The summed E-state index contributed by atoms with van der Waals surface area (Å²) in [5, 5.41) is 7.63. The van der Waals surface area contributed by atoms with Gasteiger partial charge in [0, 0.05) is 5.56 Å². The molecule has 0 saturated carbocycles. The first kappa shape index (κ1) is 24.7. The largest absolute Gasteiger partial charge is 0.449 e. The van der Waals surface area contributed by atoms with Crippen molar-refractivity contribution in [3.63, 3.8) is 0 Å². The predicted octanol–water partition coefficient (Wildman–Crippen LogP) is 12.0. The molecule has 0 aromatic heterocycles. The molecule has 0 unspecified atom stereocenters. The van der Waals surface area contributed by atoms with E-state index in [4.69, 9.17) is 9.47 Å². The molecule has 2 heteroatoms. The van der Waals surface area contributed by atoms with Gasteiger partial charge in [-0.1, -0.05) is 115 Å². The average molecular weight is 563 g/mol. The molecule has 1 aliphatic heterocycles. The molecule has 8 aromatic carbocycles. The van der Waals surface area contributed by atoms with E-state index < -0.39 is 0 Å². The van der Waals surface area contributed by atoms with Crippen molar-refractivity contribution in [1.29, 1.82) is 0 Å². The molecule has 2 nitrogen and oxygen atoms in total. The Morgan fingerprint density at radius 2 is 0.795 bits per heavy atom. The first-order valence-electron chi connectivity index (χ1n) is 14.9. The van der Waals surface area contributed by atoms with E-state index in [0.29, 0.717) is 0 Å². The van der Waals surface area contributed by atoms with Crippen molar-refractivity contribution in [3.8, 4) is 56.4 Å². The first-order valence-corrected chi connectivity index (χ1v) is 14.9. The zero-order valence-electron chi connectivity index (χ0n) is 23.8. The Bertz CT molecular complexity index is 2350. The smallest absolute Gasteiger partial charge is 0.177 e. The van der Waals surface area contributed by atoms with E-state index in [1.165, 1.54) is 43.4 Å². The fourth-order valence-electron chi connectivity index (χ4n) is 6.61. The molecule has 0 radical (unpaired) electrons. The summed E-state index contributed by atoms with van der Waals surface area (Å²) in [6.45, 7) is 0. The first-order chi connectivity index (χ1) is 21.8. The summed E-state index contributed by atoms with van der Waals surface area (Å²) in [5.41, 5.74) is 6.70. The maximum atomic E-state index is 6.48. The third-order valence-corrected chi connectivity index (χ3v) is 8.69. The van der Waals surface area contributed by atoms with Gasteiger partial charge in [0.05, 0.1) is 0 Å². The van der Waals surface area contributed by atoms with Crippen molar-refractivity contribution in [2.24, 2.45) is 0 Å². The molecule has 0 fully saturated rings. The van der Waals surface area contributed by atoms with Crippen molar-refractivity contribution in [1.82, 2.24) is 0 Å². The molecular formula is C42H26O2. The summed E-state index contributed by atoms with van der Waals surface area (Å²) in [6.07, 6.45) is 0. The zero-order valence-corrected chi connectivity index (χ0v) is 23.8. The highest BCUT2D eigenvalue weighted by Gasteiger charge is 2.22. The Morgan fingerprint density at radius 1 is 0.273 bits per heavy atom. The van der Waals surface area contributed by atoms with E-state index in [9.17, 15) is 0 Å². The molecule has 9 rings (SSSR count). The number of para-hydroxylation sites is 3. The topological polar surface area (TPSA) is 18.5 Å². The van der Waals surface area contributed by atoms with Crippen LogP contribution in [0.25, 0.3) is 65.7 Å². The fraction of sp³-hybridized carbons (Fsp3) is 0. The number of ether oxygens (including phenoxy) is 2. The van der Waals surface area contributed by atoms with Crippen LogP contribution >= 0.6 is 0 Å². The van der Waals surface area contributed by atoms with Gasteiger partial charge in [-0.25, -0.2) is 0 Å². The van der Waals surface area contributed by atoms with Crippen LogP contribution in [0.2, 0.25) is 0 Å². The molecule has 1 aliphatic rings. The molecule has 0 amide bonds. The Morgan fingerprint density at radius 3 is 1.50 bits per heavy atom. The van der Waals surface area contributed by atoms with Gasteiger partial charge in [-0.15, -0.1) is 0 Å². The summed E-state index contributed by atoms with van der Waals surface area (Å²) in [4.78, 5) is 0. The molecule has 0 bridgehead atoms. The molecule has 44 heavy (non-hydrogen) atoms. The lowest BCUT2D eigenvalue weighted by Crippen LogP contribution is -2.00. The zero-order chi connectivity index (χ0) is 29.0. The van der Waals surface area contributed by atoms with E-state index in [1.807, 2.05) is 36.4 Å². The lowest BCUT2D eigenvalue weighted by Gasteiger charge is -2.23. The molecule has 206 valence electrons. The number of fused-ring (bicyclic) bond motifs is 8. The van der Waals surface area contributed by atoms with Gasteiger partial charge in [-0.3, -0.25) is 0 Å². The second-order valence-corrected chi connectivity index (χ2v) is 11.3. The van der Waals surface area contributed by atoms with Crippen molar-refractivity contribution in [2.45, 2.75) is 0 Å². The van der Waals surface area contributed by atoms with Crippen LogP contribution in [-0.4, -0.2) is 0 Å². The van der Waals surface area contributed by atoms with Crippen LogP contribution in [0.1, 0.15) is 0 Å². The SMILES string of the molecule is c1ccc(-c2cc(-c3ccc4c5ccccc5c5ccccc5c4c3)cc(-c3cccc4c3Oc3ccccc3O4)c2)cc1. The van der Waals surface area contributed by atoms with Gasteiger partial charge < -0.3 is 9.47 Å². The average Bonchev–Trinajstić information content (AvgIpc) is 3.10. The summed E-state index contributed by atoms with van der Waals surface area (Å²) >= 11 is 0. The van der Waals surface area contributed by atoms with Gasteiger partial charge in [0.1, 0.15) is 0 Å². The van der Waals surface area contributed by atoms with Crippen LogP contribution in [0, 0.1) is 0 Å². The Kier molecular flexibility index (Phi) is 5.54. The van der Waals surface area contributed by atoms with Crippen LogP contribution in [0.3, 0.4) is 0 Å². The summed E-state index contributed by atoms with van der Waals surface area (Å²) in [6, 6.07) is 55.7. The maximum absolute atomic E-state index is 6.48. The van der Waals surface area contributed by atoms with Crippen molar-refractivity contribution in [3.05, 3.63) is 158 Å². The molecule has 0 saturated heterocycles. The van der Waals surface area contributed by atoms with E-state index >= 15 is 0 Å². The summed E-state index contributed by atoms with van der Waals surface area (Å²) < 4.78 is 12.7. The second-order valence-electron chi connectivity index (χ2n) is 11.3. The Balaban J connectivity index is 1.27. The quantitative estimate of drug-likeness (QED) is 0.199. The van der Waals surface area contributed by atoms with Gasteiger partial charge in [0.15, 0.2) is 23.0 Å². The standard InChI is InChI=1S/C42H26O2/c1-2-11-27(12-3-1)29-23-30(25-31(24-29)32-17-10-20-41-42(32)44-40-19-9-8-18-39(40)43-41)28-21-22-37-35-15-5-4-13-33(35)34-14-6-7-16-36(34)38(37)26-28/h1-26H. The maximum Gasteiger partial charge on any atom is 0.177 e. The van der Waals surface area contributed by atoms with Gasteiger partial charge >= 0.3 is 0 Å². The van der Waals surface area contributed by atoms with Gasteiger partial charge in [-0.2, -0.15) is 0 Å². The van der Waals surface area contributed by atoms with E-state index in [1.54, 1.807) is 0 Å². The highest BCUT2D eigenvalue weighted by atomic mass is 16.6. The highest BCUT2D eigenvalue weighted by Crippen LogP contribution is 2.50. The molecule has 8 aromatic rings. The lowest BCUT2D eigenvalue weighted by atomic mass is 9.90. The second kappa shape index (κ2) is 9.86. The predicted molar refractivity (Wildman–Crippen MR) is 182 cm³/mol. The Hall–Kier alpha value is -5.86. The molecular weight excluding hydrogens is 536 g/mol. The van der Waals surface area contributed by atoms with Gasteiger partial charge in [0.25, 0.3) is 0 Å². The van der Waals surface area contributed by atoms with Crippen LogP contribution in [0.15, 0.2) is 158 Å². The third kappa shape index (κ3) is 3.96. The molecule has 0 aliphatic carbocycles.